The van der Waals surface area contributed by atoms with Gasteiger partial charge in [0, 0.05) is 27.5 Å². The van der Waals surface area contributed by atoms with Crippen molar-refractivity contribution in [3.63, 3.8) is 0 Å². The van der Waals surface area contributed by atoms with Crippen LogP contribution in [0.25, 0.3) is 83.9 Å². The highest BCUT2D eigenvalue weighted by molar-refractivity contribution is 7.19. The highest BCUT2D eigenvalue weighted by atomic mass is 28.3. The molecule has 2 heterocycles. The number of para-hydroxylation sites is 1. The zero-order valence-corrected chi connectivity index (χ0v) is 40.0. The van der Waals surface area contributed by atoms with Crippen LogP contribution in [0.2, 0.25) is 0 Å². The highest BCUT2D eigenvalue weighted by Gasteiger charge is 2.41. The number of nitrogens with zero attached hydrogens (tertiary/aromatic N) is 4. The van der Waals surface area contributed by atoms with Crippen LogP contribution in [0.4, 0.5) is 0 Å². The van der Waals surface area contributed by atoms with Gasteiger partial charge in [-0.05, 0) is 92.7 Å². The minimum Gasteiger partial charge on any atom is -0.309 e. The lowest BCUT2D eigenvalue weighted by molar-refractivity contribution is 1.06. The second-order valence-electron chi connectivity index (χ2n) is 18.1. The molecule has 0 saturated carbocycles. The molecule has 0 N–H and O–H groups in total. The van der Waals surface area contributed by atoms with Crippen LogP contribution in [0.1, 0.15) is 11.1 Å². The van der Waals surface area contributed by atoms with E-state index in [2.05, 4.69) is 237 Å². The molecule has 0 aliphatic rings. The fraction of sp³-hybridized carbons (Fsp3) is 0.0308. The summed E-state index contributed by atoms with van der Waals surface area (Å²) in [7, 11) is -2.82. The van der Waals surface area contributed by atoms with Crippen molar-refractivity contribution < 1.29 is 0 Å². The van der Waals surface area contributed by atoms with Gasteiger partial charge >= 0.3 is 0 Å². The van der Waals surface area contributed by atoms with Gasteiger partial charge in [-0.15, -0.1) is 0 Å². The van der Waals surface area contributed by atoms with Crippen molar-refractivity contribution in [3.8, 4) is 62.1 Å². The molecule has 0 saturated heterocycles. The Morgan fingerprint density at radius 2 is 0.800 bits per heavy atom. The first-order valence-corrected chi connectivity index (χ1v) is 25.9. The van der Waals surface area contributed by atoms with Gasteiger partial charge in [-0.1, -0.05) is 230 Å². The molecule has 332 valence electrons. The average Bonchev–Trinajstić information content (AvgIpc) is 3.76. The zero-order chi connectivity index (χ0) is 47.0. The Bertz CT molecular complexity index is 3680. The minimum absolute atomic E-state index is 0.597. The summed E-state index contributed by atoms with van der Waals surface area (Å²) in [5.74, 6) is 1.83. The first-order chi connectivity index (χ1) is 34.5. The van der Waals surface area contributed by atoms with Crippen molar-refractivity contribution in [2.75, 3.05) is 0 Å². The molecular weight excluding hydrogens is 865 g/mol. The van der Waals surface area contributed by atoms with Crippen molar-refractivity contribution >= 4 is 50.6 Å². The van der Waals surface area contributed by atoms with Gasteiger partial charge in [0.15, 0.2) is 25.5 Å². The third-order valence-corrected chi connectivity index (χ3v) is 18.6. The number of aromatic nitrogens is 4. The van der Waals surface area contributed by atoms with Gasteiger partial charge in [-0.2, -0.15) is 0 Å². The lowest BCUT2D eigenvalue weighted by Gasteiger charge is -2.34. The van der Waals surface area contributed by atoms with Gasteiger partial charge in [0.2, 0.25) is 0 Å². The van der Waals surface area contributed by atoms with E-state index in [-0.39, 0.29) is 0 Å². The van der Waals surface area contributed by atoms with E-state index < -0.39 is 8.07 Å². The second-order valence-corrected chi connectivity index (χ2v) is 21.9. The smallest absolute Gasteiger partial charge is 0.179 e. The van der Waals surface area contributed by atoms with Crippen LogP contribution < -0.4 is 20.7 Å². The second kappa shape index (κ2) is 18.0. The van der Waals surface area contributed by atoms with E-state index in [4.69, 9.17) is 15.0 Å². The fourth-order valence-electron chi connectivity index (χ4n) is 10.6. The SMILES string of the molecule is Cc1ccc(-c2ccc3c(c2)c2ccccc2n3-c2ccc(-c3cccc([Si](c4ccccc4)(c4ccccc4)c4ccccc4)c3)cc2-c2nc(-c3ccccc3)nc(-c3ccccc3)n2)c(C)c1. The average molecular weight is 913 g/mol. The summed E-state index contributed by atoms with van der Waals surface area (Å²) in [6.45, 7) is 4.36. The van der Waals surface area contributed by atoms with Crippen LogP contribution in [0.15, 0.2) is 255 Å². The molecule has 0 aliphatic carbocycles. The molecule has 0 amide bonds. The van der Waals surface area contributed by atoms with E-state index in [1.54, 1.807) is 0 Å². The van der Waals surface area contributed by atoms with Crippen molar-refractivity contribution in [2.45, 2.75) is 13.8 Å². The van der Waals surface area contributed by atoms with Gasteiger partial charge < -0.3 is 4.57 Å². The molecule has 4 nitrogen and oxygen atoms in total. The third kappa shape index (κ3) is 7.54. The van der Waals surface area contributed by atoms with Gasteiger partial charge in [-0.3, -0.25) is 0 Å². The van der Waals surface area contributed by atoms with E-state index in [1.807, 2.05) is 36.4 Å². The van der Waals surface area contributed by atoms with Gasteiger partial charge in [0.05, 0.1) is 16.7 Å². The van der Waals surface area contributed by atoms with Crippen molar-refractivity contribution in [1.29, 1.82) is 0 Å². The molecule has 10 aromatic carbocycles. The first-order valence-electron chi connectivity index (χ1n) is 23.9. The van der Waals surface area contributed by atoms with Crippen molar-refractivity contribution in [3.05, 3.63) is 266 Å². The summed E-state index contributed by atoms with van der Waals surface area (Å²) in [5, 5.41) is 7.67. The molecule has 70 heavy (non-hydrogen) atoms. The van der Waals surface area contributed by atoms with Crippen LogP contribution >= 0.6 is 0 Å². The molecule has 0 radical (unpaired) electrons. The van der Waals surface area contributed by atoms with Gasteiger partial charge in [-0.25, -0.2) is 15.0 Å². The summed E-state index contributed by atoms with van der Waals surface area (Å²) in [6.07, 6.45) is 0. The van der Waals surface area contributed by atoms with Crippen LogP contribution in [0, 0.1) is 13.8 Å². The third-order valence-electron chi connectivity index (χ3n) is 13.8. The number of benzene rings is 10. The lowest BCUT2D eigenvalue weighted by atomic mass is 9.97. The lowest BCUT2D eigenvalue weighted by Crippen LogP contribution is -2.74. The molecule has 0 atom stereocenters. The summed E-state index contributed by atoms with van der Waals surface area (Å²) in [5.41, 5.74) is 13.1. The summed E-state index contributed by atoms with van der Waals surface area (Å²) in [6, 6.07) is 92.3. The Hall–Kier alpha value is -8.77. The van der Waals surface area contributed by atoms with Crippen molar-refractivity contribution in [2.24, 2.45) is 0 Å². The number of fused-ring (bicyclic) bond motifs is 3. The predicted octanol–water partition coefficient (Wildman–Crippen LogP) is 13.3. The topological polar surface area (TPSA) is 43.6 Å². The summed E-state index contributed by atoms with van der Waals surface area (Å²) >= 11 is 0. The Morgan fingerprint density at radius 3 is 1.40 bits per heavy atom. The van der Waals surface area contributed by atoms with E-state index in [0.29, 0.717) is 17.5 Å². The summed E-state index contributed by atoms with van der Waals surface area (Å²) in [4.78, 5) is 15.9. The highest BCUT2D eigenvalue weighted by Crippen LogP contribution is 2.40. The van der Waals surface area contributed by atoms with Crippen LogP contribution in [-0.4, -0.2) is 27.6 Å². The fourth-order valence-corrected chi connectivity index (χ4v) is 15.3. The first kappa shape index (κ1) is 42.6. The standard InChI is InChI=1S/C65H48N4Si/c1-45-35-38-56(46(2)41-45)51-37-40-61-58(44-51)57-33-18-19-34-60(57)69(61)62-39-36-50(43-59(62)65-67-63(47-21-8-3-9-22-47)66-64(68-65)48-23-10-4-11-24-48)49-25-20-32-55(42-49)70(52-26-12-5-13-27-52,53-28-14-6-15-29-53)54-30-16-7-17-31-54/h3-44H,1-2H3. The molecule has 0 unspecified atom stereocenters. The van der Waals surface area contributed by atoms with Crippen LogP contribution in [-0.2, 0) is 0 Å². The van der Waals surface area contributed by atoms with Crippen LogP contribution in [0.3, 0.4) is 0 Å². The Morgan fingerprint density at radius 1 is 0.314 bits per heavy atom. The normalized spacial score (nSPS) is 11.6. The predicted molar refractivity (Wildman–Crippen MR) is 294 cm³/mol. The zero-order valence-electron chi connectivity index (χ0n) is 39.0. The number of hydrogen-bond acceptors (Lipinski definition) is 3. The number of hydrogen-bond donors (Lipinski definition) is 0. The Kier molecular flexibility index (Phi) is 11.0. The monoisotopic (exact) mass is 912 g/mol. The molecule has 0 aliphatic heterocycles. The van der Waals surface area contributed by atoms with E-state index in [0.717, 1.165) is 44.5 Å². The molecular formula is C65H48N4Si. The van der Waals surface area contributed by atoms with Crippen LogP contribution in [0.5, 0.6) is 0 Å². The molecule has 0 fully saturated rings. The maximum atomic E-state index is 5.38. The largest absolute Gasteiger partial charge is 0.309 e. The molecule has 0 spiro atoms. The Balaban J connectivity index is 1.12. The number of aryl methyl sites for hydroxylation is 2. The molecule has 0 bridgehead atoms. The minimum atomic E-state index is -2.82. The Labute approximate surface area is 409 Å². The summed E-state index contributed by atoms with van der Waals surface area (Å²) < 4.78 is 2.40. The van der Waals surface area contributed by atoms with E-state index in [1.165, 1.54) is 53.8 Å². The van der Waals surface area contributed by atoms with Crippen molar-refractivity contribution in [1.82, 2.24) is 19.5 Å². The van der Waals surface area contributed by atoms with E-state index in [9.17, 15) is 0 Å². The maximum Gasteiger partial charge on any atom is 0.179 e. The number of rotatable bonds is 10. The van der Waals surface area contributed by atoms with Gasteiger partial charge in [0.25, 0.3) is 0 Å². The molecule has 12 aromatic rings. The maximum absolute atomic E-state index is 5.38. The van der Waals surface area contributed by atoms with Gasteiger partial charge in [0.1, 0.15) is 0 Å². The molecule has 2 aromatic heterocycles. The molecule has 5 heteroatoms. The quantitative estimate of drug-likeness (QED) is 0.101. The molecule has 12 rings (SSSR count). The van der Waals surface area contributed by atoms with E-state index >= 15 is 0 Å².